The van der Waals surface area contributed by atoms with Gasteiger partial charge in [-0.25, -0.2) is 0 Å². The fourth-order valence-corrected chi connectivity index (χ4v) is 2.75. The average molecular weight is 250 g/mol. The van der Waals surface area contributed by atoms with E-state index in [1.165, 1.54) is 21.9 Å². The Kier molecular flexibility index (Phi) is 3.24. The van der Waals surface area contributed by atoms with Crippen molar-refractivity contribution in [2.45, 2.75) is 6.42 Å². The highest BCUT2D eigenvalue weighted by Gasteiger charge is 2.06. The zero-order chi connectivity index (χ0) is 12.2. The van der Waals surface area contributed by atoms with Crippen LogP contribution in [0.5, 0.6) is 0 Å². The normalized spacial score (nSPS) is 12.0. The van der Waals surface area contributed by atoms with Crippen molar-refractivity contribution in [3.8, 4) is 0 Å². The summed E-state index contributed by atoms with van der Waals surface area (Å²) in [5.74, 6) is 0. The highest BCUT2D eigenvalue weighted by molar-refractivity contribution is 7.07. The molecule has 0 unspecified atom stereocenters. The van der Waals surface area contributed by atoms with E-state index < -0.39 is 0 Å². The predicted octanol–water partition coefficient (Wildman–Crippen LogP) is 5.16. The Morgan fingerprint density at radius 2 is 1.61 bits per heavy atom. The summed E-state index contributed by atoms with van der Waals surface area (Å²) < 4.78 is 0. The second-order valence-corrected chi connectivity index (χ2v) is 5.08. The van der Waals surface area contributed by atoms with Gasteiger partial charge in [-0.05, 0) is 39.1 Å². The minimum Gasteiger partial charge on any atom is -0.152 e. The van der Waals surface area contributed by atoms with Crippen molar-refractivity contribution in [1.82, 2.24) is 0 Å². The van der Waals surface area contributed by atoms with Gasteiger partial charge >= 0.3 is 0 Å². The van der Waals surface area contributed by atoms with Crippen LogP contribution in [0.15, 0.2) is 65.4 Å². The van der Waals surface area contributed by atoms with Crippen LogP contribution in [0.4, 0.5) is 0 Å². The van der Waals surface area contributed by atoms with E-state index >= 15 is 0 Å². The molecular weight excluding hydrogens is 236 g/mol. The fourth-order valence-electron chi connectivity index (χ4n) is 2.30. The van der Waals surface area contributed by atoms with Crippen LogP contribution in [-0.4, -0.2) is 0 Å². The van der Waals surface area contributed by atoms with Crippen LogP contribution in [0.1, 0.15) is 11.1 Å². The lowest BCUT2D eigenvalue weighted by Gasteiger charge is -2.11. The van der Waals surface area contributed by atoms with E-state index in [4.69, 9.17) is 0 Å². The third-order valence-electron chi connectivity index (χ3n) is 3.08. The topological polar surface area (TPSA) is 0 Å². The molecule has 1 aliphatic carbocycles. The van der Waals surface area contributed by atoms with Gasteiger partial charge in [-0.3, -0.25) is 0 Å². The number of hydrogen-bond donors (Lipinski definition) is 0. The summed E-state index contributed by atoms with van der Waals surface area (Å²) in [6, 6.07) is 17.1. The molecule has 0 aliphatic heterocycles. The van der Waals surface area contributed by atoms with Crippen molar-refractivity contribution in [3.05, 3.63) is 76.5 Å². The maximum absolute atomic E-state index is 2.23. The molecule has 88 valence electrons. The number of benzene rings is 2. The molecule has 0 fully saturated rings. The third kappa shape index (κ3) is 2.22. The van der Waals surface area contributed by atoms with E-state index in [9.17, 15) is 0 Å². The summed E-state index contributed by atoms with van der Waals surface area (Å²) in [5.41, 5.74) is 2.81. The lowest BCUT2D eigenvalue weighted by molar-refractivity contribution is 1.29. The first-order valence-corrected chi connectivity index (χ1v) is 7.04. The fraction of sp³-hybridized carbons (Fsp3) is 0.0588. The Bertz CT molecular complexity index is 641. The zero-order valence-electron chi connectivity index (χ0n) is 10.0. The molecule has 2 aromatic carbocycles. The monoisotopic (exact) mass is 250 g/mol. The second-order valence-electron chi connectivity index (χ2n) is 4.26. The Labute approximate surface area is 111 Å². The highest BCUT2D eigenvalue weighted by Crippen LogP contribution is 2.27. The number of allylic oxidation sites excluding steroid dienone is 1. The van der Waals surface area contributed by atoms with Crippen LogP contribution in [0.2, 0.25) is 0 Å². The summed E-state index contributed by atoms with van der Waals surface area (Å²) in [4.78, 5) is 0. The first kappa shape index (κ1) is 11.2. The van der Waals surface area contributed by atoms with Crippen LogP contribution in [-0.2, 0) is 6.42 Å². The van der Waals surface area contributed by atoms with E-state index in [1.807, 2.05) is 22.9 Å². The second kappa shape index (κ2) is 5.19. The first-order valence-electron chi connectivity index (χ1n) is 6.09. The first-order chi connectivity index (χ1) is 8.95. The van der Waals surface area contributed by atoms with E-state index in [0.29, 0.717) is 0 Å². The largest absolute Gasteiger partial charge is 0.152 e. The Morgan fingerprint density at radius 3 is 2.33 bits per heavy atom. The molecule has 0 bridgehead atoms. The molecule has 1 heterocycles. The minimum absolute atomic E-state index is 1.08. The SMILES string of the molecule is C1=Cc2cccc3cccc(c23)C1.c1ccsc1. The van der Waals surface area contributed by atoms with Crippen molar-refractivity contribution in [1.29, 1.82) is 0 Å². The molecule has 3 aromatic rings. The minimum atomic E-state index is 1.08. The maximum atomic E-state index is 2.23. The van der Waals surface area contributed by atoms with E-state index in [0.717, 1.165) is 6.42 Å². The quantitative estimate of drug-likeness (QED) is 0.517. The molecule has 0 nitrogen and oxygen atoms in total. The van der Waals surface area contributed by atoms with Crippen LogP contribution in [0.25, 0.3) is 16.8 Å². The van der Waals surface area contributed by atoms with Gasteiger partial charge in [0, 0.05) is 0 Å². The van der Waals surface area contributed by atoms with Gasteiger partial charge in [-0.1, -0.05) is 60.7 Å². The van der Waals surface area contributed by atoms with Crippen molar-refractivity contribution in [3.63, 3.8) is 0 Å². The van der Waals surface area contributed by atoms with Crippen molar-refractivity contribution < 1.29 is 0 Å². The predicted molar refractivity (Wildman–Crippen MR) is 81.0 cm³/mol. The molecule has 0 amide bonds. The Balaban J connectivity index is 0.000000169. The molecule has 1 aromatic heterocycles. The van der Waals surface area contributed by atoms with Gasteiger partial charge in [0.05, 0.1) is 0 Å². The van der Waals surface area contributed by atoms with Crippen molar-refractivity contribution in [2.24, 2.45) is 0 Å². The van der Waals surface area contributed by atoms with E-state index in [-0.39, 0.29) is 0 Å². The molecule has 18 heavy (non-hydrogen) atoms. The van der Waals surface area contributed by atoms with E-state index in [2.05, 4.69) is 48.6 Å². The lowest BCUT2D eigenvalue weighted by Crippen LogP contribution is -1.91. The van der Waals surface area contributed by atoms with Gasteiger partial charge in [0.1, 0.15) is 0 Å². The Hall–Kier alpha value is -1.86. The lowest BCUT2D eigenvalue weighted by atomic mass is 9.93. The molecular formula is C17H14S. The molecule has 0 N–H and O–H groups in total. The third-order valence-corrected chi connectivity index (χ3v) is 3.71. The van der Waals surface area contributed by atoms with Crippen LogP contribution in [0.3, 0.4) is 0 Å². The standard InChI is InChI=1S/C13H10.C4H4S/c1-4-10-6-2-8-12-9-3-7-11(5-1)13(10)12;1-2-4-5-3-1/h1-8H,9H2;1-4H. The van der Waals surface area contributed by atoms with Crippen molar-refractivity contribution in [2.75, 3.05) is 0 Å². The summed E-state index contributed by atoms with van der Waals surface area (Å²) >= 11 is 1.71. The number of hydrogen-bond acceptors (Lipinski definition) is 1. The molecule has 0 saturated heterocycles. The van der Waals surface area contributed by atoms with Crippen LogP contribution >= 0.6 is 11.3 Å². The van der Waals surface area contributed by atoms with Gasteiger partial charge in [0.2, 0.25) is 0 Å². The van der Waals surface area contributed by atoms with Crippen molar-refractivity contribution >= 4 is 28.2 Å². The summed E-state index contributed by atoms with van der Waals surface area (Å²) in [6.07, 6.45) is 5.53. The molecule has 1 heteroatoms. The molecule has 4 rings (SSSR count). The van der Waals surface area contributed by atoms with Gasteiger partial charge in [0.15, 0.2) is 0 Å². The highest BCUT2D eigenvalue weighted by atomic mass is 32.1. The molecule has 0 radical (unpaired) electrons. The van der Waals surface area contributed by atoms with Gasteiger partial charge in [-0.2, -0.15) is 11.3 Å². The summed E-state index contributed by atoms with van der Waals surface area (Å²) in [6.45, 7) is 0. The zero-order valence-corrected chi connectivity index (χ0v) is 10.9. The van der Waals surface area contributed by atoms with E-state index in [1.54, 1.807) is 11.3 Å². The Morgan fingerprint density at radius 1 is 0.833 bits per heavy atom. The van der Waals surface area contributed by atoms with Gasteiger partial charge in [-0.15, -0.1) is 0 Å². The summed E-state index contributed by atoms with van der Waals surface area (Å²) in [5, 5.41) is 6.88. The summed E-state index contributed by atoms with van der Waals surface area (Å²) in [7, 11) is 0. The maximum Gasteiger partial charge on any atom is -0.00763 e. The number of rotatable bonds is 0. The van der Waals surface area contributed by atoms with Gasteiger partial charge < -0.3 is 0 Å². The smallest absolute Gasteiger partial charge is 0.00763 e. The molecule has 0 atom stereocenters. The molecule has 1 aliphatic rings. The number of thiophene rings is 1. The average Bonchev–Trinajstić information content (AvgIpc) is 2.99. The van der Waals surface area contributed by atoms with Crippen LogP contribution < -0.4 is 0 Å². The molecule has 0 saturated carbocycles. The molecule has 0 spiro atoms. The van der Waals surface area contributed by atoms with Crippen LogP contribution in [0, 0.1) is 0 Å². The van der Waals surface area contributed by atoms with Gasteiger partial charge in [0.25, 0.3) is 0 Å².